The fourth-order valence-corrected chi connectivity index (χ4v) is 3.85. The van der Waals surface area contributed by atoms with Crippen molar-refractivity contribution in [3.63, 3.8) is 0 Å². The van der Waals surface area contributed by atoms with Gasteiger partial charge in [-0.3, -0.25) is 4.79 Å². The molecule has 0 spiro atoms. The molecule has 0 bridgehead atoms. The monoisotopic (exact) mass is 368 g/mol. The van der Waals surface area contributed by atoms with Crippen LogP contribution in [0.1, 0.15) is 32.8 Å². The number of nitrogens with zero attached hydrogens (tertiary/aromatic N) is 1. The number of carboxylic acids is 1. The largest absolute Gasteiger partial charge is 0.476 e. The van der Waals surface area contributed by atoms with Crippen LogP contribution in [0.5, 0.6) is 0 Å². The maximum atomic E-state index is 12.2. The summed E-state index contributed by atoms with van der Waals surface area (Å²) >= 11 is 1.20. The van der Waals surface area contributed by atoms with Crippen LogP contribution in [-0.4, -0.2) is 42.7 Å². The number of aromatic carboxylic acids is 1. The van der Waals surface area contributed by atoms with Gasteiger partial charge in [-0.15, -0.1) is 11.3 Å². The van der Waals surface area contributed by atoms with Gasteiger partial charge in [-0.05, 0) is 12.1 Å². The zero-order chi connectivity index (χ0) is 17.7. The summed E-state index contributed by atoms with van der Waals surface area (Å²) in [5.41, 5.74) is 0.0745. The number of amides is 1. The highest BCUT2D eigenvalue weighted by Gasteiger charge is 2.20. The maximum Gasteiger partial charge on any atom is 0.355 e. The first-order chi connectivity index (χ1) is 11.3. The fraction of sp³-hybridized carbons (Fsp3) is 0.267. The third-order valence-corrected chi connectivity index (χ3v) is 5.94. The summed E-state index contributed by atoms with van der Waals surface area (Å²) in [6.45, 7) is 1.75. The van der Waals surface area contributed by atoms with Crippen molar-refractivity contribution in [1.82, 2.24) is 10.3 Å². The van der Waals surface area contributed by atoms with Crippen LogP contribution in [-0.2, 0) is 16.3 Å². The molecule has 2 rings (SSSR count). The highest BCUT2D eigenvalue weighted by Crippen LogP contribution is 2.17. The second-order valence-electron chi connectivity index (χ2n) is 4.84. The highest BCUT2D eigenvalue weighted by molar-refractivity contribution is 7.91. The number of thiazole rings is 1. The molecule has 0 fully saturated rings. The molecule has 0 aliphatic carbocycles. The number of aromatic nitrogens is 1. The minimum atomic E-state index is -3.49. The van der Waals surface area contributed by atoms with Gasteiger partial charge in [0.25, 0.3) is 5.91 Å². The molecule has 0 radical (unpaired) electrons. The van der Waals surface area contributed by atoms with Gasteiger partial charge in [0, 0.05) is 18.3 Å². The van der Waals surface area contributed by atoms with Crippen molar-refractivity contribution in [1.29, 1.82) is 0 Å². The minimum Gasteiger partial charge on any atom is -0.476 e. The smallest absolute Gasteiger partial charge is 0.355 e. The zero-order valence-corrected chi connectivity index (χ0v) is 14.5. The van der Waals surface area contributed by atoms with E-state index in [0.717, 1.165) is 0 Å². The minimum absolute atomic E-state index is 0.00686. The average molecular weight is 368 g/mol. The molecular formula is C15H16N2O5S2. The molecule has 0 aliphatic rings. The number of carbonyl (C=O) groups is 2. The Morgan fingerprint density at radius 2 is 2.00 bits per heavy atom. The Hall–Kier alpha value is -2.26. The van der Waals surface area contributed by atoms with Crippen LogP contribution in [0.25, 0.3) is 0 Å². The van der Waals surface area contributed by atoms with Crippen LogP contribution >= 0.6 is 11.3 Å². The lowest BCUT2D eigenvalue weighted by molar-refractivity contribution is 0.0690. The molecule has 7 nitrogen and oxygen atoms in total. The van der Waals surface area contributed by atoms with Gasteiger partial charge in [0.2, 0.25) is 0 Å². The zero-order valence-electron chi connectivity index (χ0n) is 12.9. The van der Waals surface area contributed by atoms with Crippen LogP contribution < -0.4 is 5.32 Å². The van der Waals surface area contributed by atoms with Crippen molar-refractivity contribution < 1.29 is 23.1 Å². The Morgan fingerprint density at radius 1 is 1.29 bits per heavy atom. The van der Waals surface area contributed by atoms with Gasteiger partial charge >= 0.3 is 5.97 Å². The maximum absolute atomic E-state index is 12.2. The first kappa shape index (κ1) is 18.1. The first-order valence-electron chi connectivity index (χ1n) is 7.13. The Bertz CT molecular complexity index is 858. The molecule has 1 aromatic heterocycles. The predicted octanol–water partition coefficient (Wildman–Crippen LogP) is 1.61. The van der Waals surface area contributed by atoms with E-state index in [1.54, 1.807) is 12.1 Å². The lowest BCUT2D eigenvalue weighted by atomic mass is 10.2. The van der Waals surface area contributed by atoms with E-state index in [1.165, 1.54) is 35.8 Å². The molecule has 1 amide bonds. The van der Waals surface area contributed by atoms with Crippen LogP contribution in [0, 0.1) is 0 Å². The van der Waals surface area contributed by atoms with Crippen molar-refractivity contribution in [2.24, 2.45) is 0 Å². The molecule has 128 valence electrons. The standard InChI is InChI=1S/C15H16N2O5S2/c1-2-24(21,22)12-6-4-3-5-10(12)14(18)16-8-7-13-17-11(9-23-13)15(19)20/h3-6,9H,2,7-8H2,1H3,(H,16,18)(H,19,20). The van der Waals surface area contributed by atoms with Crippen molar-refractivity contribution in [3.05, 3.63) is 45.9 Å². The van der Waals surface area contributed by atoms with Crippen molar-refractivity contribution in [2.75, 3.05) is 12.3 Å². The number of sulfone groups is 1. The van der Waals surface area contributed by atoms with Gasteiger partial charge in [0.1, 0.15) is 0 Å². The van der Waals surface area contributed by atoms with E-state index >= 15 is 0 Å². The Kier molecular flexibility index (Phi) is 5.68. The van der Waals surface area contributed by atoms with E-state index in [1.807, 2.05) is 0 Å². The Morgan fingerprint density at radius 3 is 2.62 bits per heavy atom. The number of benzene rings is 1. The molecule has 1 heterocycles. The van der Waals surface area contributed by atoms with Crippen molar-refractivity contribution in [3.8, 4) is 0 Å². The lowest BCUT2D eigenvalue weighted by Gasteiger charge is -2.09. The Labute approximate surface area is 143 Å². The molecule has 2 aromatic rings. The molecule has 9 heteroatoms. The molecular weight excluding hydrogens is 352 g/mol. The van der Waals surface area contributed by atoms with Crippen LogP contribution in [0.3, 0.4) is 0 Å². The quantitative estimate of drug-likeness (QED) is 0.767. The molecule has 0 saturated heterocycles. The predicted molar refractivity (Wildman–Crippen MR) is 89.3 cm³/mol. The number of hydrogen-bond acceptors (Lipinski definition) is 6. The fourth-order valence-electron chi connectivity index (χ4n) is 1.98. The van der Waals surface area contributed by atoms with Gasteiger partial charge in [0.05, 0.1) is 21.2 Å². The first-order valence-corrected chi connectivity index (χ1v) is 9.66. The molecule has 1 aromatic carbocycles. The van der Waals surface area contributed by atoms with E-state index in [4.69, 9.17) is 5.11 Å². The lowest BCUT2D eigenvalue weighted by Crippen LogP contribution is -2.27. The highest BCUT2D eigenvalue weighted by atomic mass is 32.2. The SMILES string of the molecule is CCS(=O)(=O)c1ccccc1C(=O)NCCc1nc(C(=O)O)cs1. The number of carbonyl (C=O) groups excluding carboxylic acids is 1. The third-order valence-electron chi connectivity index (χ3n) is 3.24. The van der Waals surface area contributed by atoms with Gasteiger partial charge < -0.3 is 10.4 Å². The topological polar surface area (TPSA) is 113 Å². The Balaban J connectivity index is 2.04. The van der Waals surface area contributed by atoms with Crippen molar-refractivity contribution >= 4 is 33.1 Å². The van der Waals surface area contributed by atoms with E-state index in [9.17, 15) is 18.0 Å². The summed E-state index contributed by atoms with van der Waals surface area (Å²) in [5, 5.41) is 13.5. The normalized spacial score (nSPS) is 11.2. The molecule has 0 atom stereocenters. The van der Waals surface area contributed by atoms with E-state index < -0.39 is 21.7 Å². The van der Waals surface area contributed by atoms with Crippen LogP contribution in [0.15, 0.2) is 34.5 Å². The van der Waals surface area contributed by atoms with Gasteiger partial charge in [-0.2, -0.15) is 0 Å². The number of rotatable bonds is 7. The van der Waals surface area contributed by atoms with E-state index in [0.29, 0.717) is 11.4 Å². The average Bonchev–Trinajstić information content (AvgIpc) is 3.04. The molecule has 2 N–H and O–H groups in total. The summed E-state index contributed by atoms with van der Waals surface area (Å²) in [7, 11) is -3.49. The van der Waals surface area contributed by atoms with Gasteiger partial charge in [0.15, 0.2) is 15.5 Å². The summed E-state index contributed by atoms with van der Waals surface area (Å²) < 4.78 is 24.1. The summed E-state index contributed by atoms with van der Waals surface area (Å²) in [4.78, 5) is 26.9. The van der Waals surface area contributed by atoms with Crippen LogP contribution in [0.2, 0.25) is 0 Å². The number of hydrogen-bond donors (Lipinski definition) is 2. The van der Waals surface area contributed by atoms with Gasteiger partial charge in [-0.25, -0.2) is 18.2 Å². The number of nitrogens with one attached hydrogen (secondary N) is 1. The van der Waals surface area contributed by atoms with Gasteiger partial charge in [-0.1, -0.05) is 19.1 Å². The second kappa shape index (κ2) is 7.54. The summed E-state index contributed by atoms with van der Waals surface area (Å²) in [6, 6.07) is 6.05. The van der Waals surface area contributed by atoms with Crippen LogP contribution in [0.4, 0.5) is 0 Å². The molecule has 24 heavy (non-hydrogen) atoms. The molecule has 0 saturated carbocycles. The van der Waals surface area contributed by atoms with Crippen molar-refractivity contribution in [2.45, 2.75) is 18.2 Å². The molecule has 0 aliphatic heterocycles. The summed E-state index contributed by atoms with van der Waals surface area (Å²) in [6.07, 6.45) is 0.367. The summed E-state index contributed by atoms with van der Waals surface area (Å²) in [5.74, 6) is -1.67. The van der Waals surface area contributed by atoms with E-state index in [-0.39, 0.29) is 28.5 Å². The third kappa shape index (κ3) is 4.18. The second-order valence-corrected chi connectivity index (χ2v) is 8.03. The molecule has 0 unspecified atom stereocenters. The number of carboxylic acid groups (broad SMARTS) is 1. The van der Waals surface area contributed by atoms with E-state index in [2.05, 4.69) is 10.3 Å².